The Kier molecular flexibility index (Phi) is 10.7. The third-order valence-electron chi connectivity index (χ3n) is 5.82. The van der Waals surface area contributed by atoms with Crippen molar-refractivity contribution in [2.75, 3.05) is 33.7 Å². The number of likely N-dealkylation sites (N-methyl/N-ethyl adjacent to an activating group) is 1. The summed E-state index contributed by atoms with van der Waals surface area (Å²) in [4.78, 5) is 20.6. The maximum atomic E-state index is 12.0. The standard InChI is InChI=1S/C22H34ClN5O.HI/c1-27(2)21(29)15-24-22(25-19-5-3-4-6-19)26-20-11-13-28(14-12-20)16-17-7-9-18(23)10-8-17;/h7-10,19-20H,3-6,11-16H2,1-2H3,(H2,24,25,26);1H. The van der Waals surface area contributed by atoms with Gasteiger partial charge in [0.1, 0.15) is 6.54 Å². The zero-order valence-electron chi connectivity index (χ0n) is 18.1. The smallest absolute Gasteiger partial charge is 0.243 e. The number of benzene rings is 1. The van der Waals surface area contributed by atoms with Crippen LogP contribution in [-0.2, 0) is 11.3 Å². The minimum Gasteiger partial charge on any atom is -0.354 e. The molecule has 1 saturated carbocycles. The maximum absolute atomic E-state index is 12.0. The second-order valence-electron chi connectivity index (χ2n) is 8.40. The third-order valence-corrected chi connectivity index (χ3v) is 6.07. The number of guanidine groups is 1. The van der Waals surface area contributed by atoms with Gasteiger partial charge in [-0.15, -0.1) is 24.0 Å². The van der Waals surface area contributed by atoms with Gasteiger partial charge in [0.15, 0.2) is 5.96 Å². The Labute approximate surface area is 202 Å². The van der Waals surface area contributed by atoms with Crippen molar-refractivity contribution in [2.24, 2.45) is 4.99 Å². The summed E-state index contributed by atoms with van der Waals surface area (Å²) in [5.74, 6) is 0.818. The molecule has 6 nitrogen and oxygen atoms in total. The van der Waals surface area contributed by atoms with Gasteiger partial charge in [-0.2, -0.15) is 0 Å². The number of carbonyl (C=O) groups is 1. The van der Waals surface area contributed by atoms with Crippen LogP contribution in [0.4, 0.5) is 0 Å². The van der Waals surface area contributed by atoms with Gasteiger partial charge in [0, 0.05) is 50.8 Å². The van der Waals surface area contributed by atoms with Gasteiger partial charge >= 0.3 is 0 Å². The molecule has 2 fully saturated rings. The summed E-state index contributed by atoms with van der Waals surface area (Å²) in [6, 6.07) is 8.98. The average Bonchev–Trinajstić information content (AvgIpc) is 3.22. The lowest BCUT2D eigenvalue weighted by Crippen LogP contribution is -2.50. The van der Waals surface area contributed by atoms with Crippen LogP contribution < -0.4 is 10.6 Å². The Morgan fingerprint density at radius 3 is 2.20 bits per heavy atom. The van der Waals surface area contributed by atoms with Gasteiger partial charge in [0.2, 0.25) is 5.91 Å². The number of piperidine rings is 1. The zero-order chi connectivity index (χ0) is 20.6. The maximum Gasteiger partial charge on any atom is 0.243 e. The quantitative estimate of drug-likeness (QED) is 0.325. The molecule has 1 aliphatic carbocycles. The first-order valence-electron chi connectivity index (χ1n) is 10.7. The first-order valence-corrected chi connectivity index (χ1v) is 11.1. The Morgan fingerprint density at radius 2 is 1.63 bits per heavy atom. The molecule has 1 heterocycles. The number of rotatable bonds is 6. The van der Waals surface area contributed by atoms with Crippen LogP contribution in [0.15, 0.2) is 29.3 Å². The largest absolute Gasteiger partial charge is 0.354 e. The number of amides is 1. The van der Waals surface area contributed by atoms with Gasteiger partial charge in [0.25, 0.3) is 0 Å². The summed E-state index contributed by atoms with van der Waals surface area (Å²) >= 11 is 5.98. The number of aliphatic imine (C=N–C) groups is 1. The lowest BCUT2D eigenvalue weighted by Gasteiger charge is -2.33. The van der Waals surface area contributed by atoms with E-state index in [1.54, 1.807) is 19.0 Å². The molecule has 1 aromatic rings. The molecule has 1 aliphatic heterocycles. The molecule has 1 saturated heterocycles. The predicted octanol–water partition coefficient (Wildman–Crippen LogP) is 3.49. The van der Waals surface area contributed by atoms with Gasteiger partial charge in [-0.05, 0) is 43.4 Å². The van der Waals surface area contributed by atoms with E-state index in [9.17, 15) is 4.79 Å². The molecule has 0 radical (unpaired) electrons. The van der Waals surface area contributed by atoms with Crippen molar-refractivity contribution < 1.29 is 4.79 Å². The lowest BCUT2D eigenvalue weighted by atomic mass is 10.0. The zero-order valence-corrected chi connectivity index (χ0v) is 21.2. The van der Waals surface area contributed by atoms with Crippen LogP contribution in [0, 0.1) is 0 Å². The molecule has 0 atom stereocenters. The minimum absolute atomic E-state index is 0. The van der Waals surface area contributed by atoms with Crippen LogP contribution in [0.3, 0.4) is 0 Å². The van der Waals surface area contributed by atoms with E-state index in [0.717, 1.165) is 43.5 Å². The minimum atomic E-state index is 0. The van der Waals surface area contributed by atoms with E-state index in [4.69, 9.17) is 11.6 Å². The molecule has 30 heavy (non-hydrogen) atoms. The van der Waals surface area contributed by atoms with Crippen molar-refractivity contribution in [3.05, 3.63) is 34.9 Å². The number of hydrogen-bond acceptors (Lipinski definition) is 3. The van der Waals surface area contributed by atoms with Crippen molar-refractivity contribution in [3.8, 4) is 0 Å². The molecule has 1 amide bonds. The molecule has 3 rings (SSSR count). The number of halogens is 2. The first kappa shape index (κ1) is 25.2. The normalized spacial score (nSPS) is 18.7. The van der Waals surface area contributed by atoms with Gasteiger partial charge in [0.05, 0.1) is 0 Å². The molecule has 2 aliphatic rings. The summed E-state index contributed by atoms with van der Waals surface area (Å²) in [5, 5.41) is 7.93. The van der Waals surface area contributed by atoms with Gasteiger partial charge < -0.3 is 15.5 Å². The molecule has 0 unspecified atom stereocenters. The van der Waals surface area contributed by atoms with E-state index in [-0.39, 0.29) is 36.4 Å². The molecular weight excluding hydrogens is 513 g/mol. The van der Waals surface area contributed by atoms with Crippen LogP contribution in [0.5, 0.6) is 0 Å². The summed E-state index contributed by atoms with van der Waals surface area (Å²) in [6.07, 6.45) is 7.04. The number of likely N-dealkylation sites (tertiary alicyclic amines) is 1. The molecule has 0 spiro atoms. The fraction of sp³-hybridized carbons (Fsp3) is 0.636. The summed E-state index contributed by atoms with van der Waals surface area (Å²) in [7, 11) is 3.54. The molecule has 8 heteroatoms. The predicted molar refractivity (Wildman–Crippen MR) is 135 cm³/mol. The van der Waals surface area contributed by atoms with Crippen LogP contribution in [-0.4, -0.2) is 67.5 Å². The third kappa shape index (κ3) is 8.23. The van der Waals surface area contributed by atoms with Crippen LogP contribution in [0.25, 0.3) is 0 Å². The van der Waals surface area contributed by atoms with Crippen LogP contribution in [0.1, 0.15) is 44.1 Å². The Hall–Kier alpha value is -1.06. The van der Waals surface area contributed by atoms with Crippen molar-refractivity contribution in [3.63, 3.8) is 0 Å². The van der Waals surface area contributed by atoms with E-state index in [2.05, 4.69) is 32.7 Å². The van der Waals surface area contributed by atoms with E-state index in [1.165, 1.54) is 31.2 Å². The SMILES string of the molecule is CN(C)C(=O)CN=C(NC1CCCC1)NC1CCN(Cc2ccc(Cl)cc2)CC1.I. The Balaban J connectivity index is 0.00000320. The van der Waals surface area contributed by atoms with Crippen molar-refractivity contribution in [2.45, 2.75) is 57.2 Å². The van der Waals surface area contributed by atoms with Crippen LogP contribution >= 0.6 is 35.6 Å². The van der Waals surface area contributed by atoms with Crippen molar-refractivity contribution in [1.29, 1.82) is 0 Å². The summed E-state index contributed by atoms with van der Waals surface area (Å²) < 4.78 is 0. The van der Waals surface area contributed by atoms with E-state index in [0.29, 0.717) is 12.1 Å². The highest BCUT2D eigenvalue weighted by molar-refractivity contribution is 14.0. The lowest BCUT2D eigenvalue weighted by molar-refractivity contribution is -0.127. The average molecular weight is 548 g/mol. The molecule has 0 bridgehead atoms. The van der Waals surface area contributed by atoms with E-state index >= 15 is 0 Å². The molecule has 168 valence electrons. The summed E-state index contributed by atoms with van der Waals surface area (Å²) in [5.41, 5.74) is 1.30. The monoisotopic (exact) mass is 547 g/mol. The Bertz CT molecular complexity index is 683. The van der Waals surface area contributed by atoms with Gasteiger partial charge in [-0.1, -0.05) is 36.6 Å². The van der Waals surface area contributed by atoms with Crippen molar-refractivity contribution in [1.82, 2.24) is 20.4 Å². The highest BCUT2D eigenvalue weighted by atomic mass is 127. The number of carbonyl (C=O) groups excluding carboxylic acids is 1. The highest BCUT2D eigenvalue weighted by Crippen LogP contribution is 2.18. The van der Waals surface area contributed by atoms with Crippen molar-refractivity contribution >= 4 is 47.4 Å². The first-order chi connectivity index (χ1) is 14.0. The number of nitrogens with one attached hydrogen (secondary N) is 2. The van der Waals surface area contributed by atoms with E-state index < -0.39 is 0 Å². The Morgan fingerprint density at radius 1 is 1.07 bits per heavy atom. The molecule has 2 N–H and O–H groups in total. The molecule has 1 aromatic carbocycles. The fourth-order valence-electron chi connectivity index (χ4n) is 3.96. The van der Waals surface area contributed by atoms with Gasteiger partial charge in [-0.3, -0.25) is 9.69 Å². The molecular formula is C22H35ClIN5O. The number of nitrogens with zero attached hydrogens (tertiary/aromatic N) is 3. The highest BCUT2D eigenvalue weighted by Gasteiger charge is 2.22. The number of hydrogen-bond donors (Lipinski definition) is 2. The van der Waals surface area contributed by atoms with Gasteiger partial charge in [-0.25, -0.2) is 4.99 Å². The topological polar surface area (TPSA) is 60.0 Å². The fourth-order valence-corrected chi connectivity index (χ4v) is 4.09. The second-order valence-corrected chi connectivity index (χ2v) is 8.84. The summed E-state index contributed by atoms with van der Waals surface area (Å²) in [6.45, 7) is 3.24. The molecule has 0 aromatic heterocycles. The second kappa shape index (κ2) is 12.7. The van der Waals surface area contributed by atoms with E-state index in [1.807, 2.05) is 12.1 Å². The van der Waals surface area contributed by atoms with Crippen LogP contribution in [0.2, 0.25) is 5.02 Å².